The number of hydrogen-bond acceptors (Lipinski definition) is 5. The summed E-state index contributed by atoms with van der Waals surface area (Å²) in [5.74, 6) is -1.79. The zero-order chi connectivity index (χ0) is 16.9. The Kier molecular flexibility index (Phi) is 6.07. The van der Waals surface area contributed by atoms with E-state index in [2.05, 4.69) is 9.46 Å². The van der Waals surface area contributed by atoms with Crippen molar-refractivity contribution in [2.75, 3.05) is 7.11 Å². The number of carbonyl (C=O) groups is 2. The fourth-order valence-corrected chi connectivity index (χ4v) is 3.23. The number of sulfonamides is 1. The summed E-state index contributed by atoms with van der Waals surface area (Å²) in [5.41, 5.74) is 0.682. The molecule has 2 N–H and O–H groups in total. The van der Waals surface area contributed by atoms with Gasteiger partial charge < -0.3 is 9.84 Å². The second kappa shape index (κ2) is 7.37. The number of esters is 1. The molecule has 0 amide bonds. The van der Waals surface area contributed by atoms with E-state index in [9.17, 15) is 18.0 Å². The highest BCUT2D eigenvalue weighted by Crippen LogP contribution is 2.17. The number of carbonyl (C=O) groups excluding carboxylic acids is 1. The van der Waals surface area contributed by atoms with Crippen molar-refractivity contribution in [2.45, 2.75) is 37.6 Å². The van der Waals surface area contributed by atoms with Crippen molar-refractivity contribution >= 4 is 22.0 Å². The minimum atomic E-state index is -3.98. The summed E-state index contributed by atoms with van der Waals surface area (Å²) in [5, 5.41) is 9.03. The molecule has 1 rings (SSSR count). The van der Waals surface area contributed by atoms with E-state index in [0.717, 1.165) is 0 Å². The van der Waals surface area contributed by atoms with Gasteiger partial charge in [-0.05, 0) is 37.1 Å². The second-order valence-corrected chi connectivity index (χ2v) is 6.48. The first-order chi connectivity index (χ1) is 10.2. The van der Waals surface area contributed by atoms with Gasteiger partial charge >= 0.3 is 11.9 Å². The number of aliphatic carboxylic acids is 1. The van der Waals surface area contributed by atoms with Crippen molar-refractivity contribution in [1.82, 2.24) is 4.72 Å². The van der Waals surface area contributed by atoms with Gasteiger partial charge in [0.1, 0.15) is 6.04 Å². The second-order valence-electron chi connectivity index (χ2n) is 4.77. The third kappa shape index (κ3) is 4.28. The highest BCUT2D eigenvalue weighted by atomic mass is 32.2. The monoisotopic (exact) mass is 329 g/mol. The summed E-state index contributed by atoms with van der Waals surface area (Å²) < 4.78 is 31.2. The number of methoxy groups -OCH3 is 1. The lowest BCUT2D eigenvalue weighted by Crippen LogP contribution is -2.40. The molecule has 1 atom stereocenters. The fourth-order valence-electron chi connectivity index (χ4n) is 1.92. The summed E-state index contributed by atoms with van der Waals surface area (Å²) in [7, 11) is -2.75. The number of carboxylic acid groups (broad SMARTS) is 1. The van der Waals surface area contributed by atoms with Crippen LogP contribution in [0.4, 0.5) is 0 Å². The SMILES string of the molecule is CCCC(NS(=O)(=O)c1ccc(C(=O)OC)c(C)c1)C(=O)O. The Morgan fingerprint density at radius 3 is 2.45 bits per heavy atom. The molecule has 1 aromatic carbocycles. The lowest BCUT2D eigenvalue weighted by Gasteiger charge is -2.14. The highest BCUT2D eigenvalue weighted by Gasteiger charge is 2.25. The zero-order valence-electron chi connectivity index (χ0n) is 12.6. The van der Waals surface area contributed by atoms with Gasteiger partial charge in [-0.15, -0.1) is 0 Å². The van der Waals surface area contributed by atoms with Crippen molar-refractivity contribution in [3.63, 3.8) is 0 Å². The molecular formula is C14H19NO6S. The third-order valence-electron chi connectivity index (χ3n) is 3.09. The summed E-state index contributed by atoms with van der Waals surface area (Å²) in [4.78, 5) is 22.4. The smallest absolute Gasteiger partial charge is 0.338 e. The molecule has 0 saturated carbocycles. The Labute approximate surface area is 129 Å². The normalized spacial score (nSPS) is 12.7. The number of aryl methyl sites for hydroxylation is 1. The van der Waals surface area contributed by atoms with Gasteiger partial charge in [0.25, 0.3) is 0 Å². The maximum Gasteiger partial charge on any atom is 0.338 e. The molecule has 0 radical (unpaired) electrons. The predicted molar refractivity (Wildman–Crippen MR) is 79.2 cm³/mol. The molecule has 7 nitrogen and oxygen atoms in total. The van der Waals surface area contributed by atoms with Crippen LogP contribution in [0.5, 0.6) is 0 Å². The molecule has 1 aromatic rings. The average molecular weight is 329 g/mol. The van der Waals surface area contributed by atoms with Crippen LogP contribution >= 0.6 is 0 Å². The lowest BCUT2D eigenvalue weighted by atomic mass is 10.1. The van der Waals surface area contributed by atoms with E-state index < -0.39 is 28.0 Å². The maximum absolute atomic E-state index is 12.2. The van der Waals surface area contributed by atoms with Gasteiger partial charge in [-0.2, -0.15) is 4.72 Å². The van der Waals surface area contributed by atoms with Gasteiger partial charge in [0.05, 0.1) is 17.6 Å². The van der Waals surface area contributed by atoms with E-state index >= 15 is 0 Å². The summed E-state index contributed by atoms with van der Waals surface area (Å²) in [6, 6.07) is 2.70. The number of carboxylic acids is 1. The van der Waals surface area contributed by atoms with E-state index in [0.29, 0.717) is 12.0 Å². The predicted octanol–water partition coefficient (Wildman–Crippen LogP) is 1.31. The number of ether oxygens (including phenoxy) is 1. The maximum atomic E-state index is 12.2. The van der Waals surface area contributed by atoms with Gasteiger partial charge in [-0.25, -0.2) is 13.2 Å². The number of benzene rings is 1. The molecule has 0 aliphatic carbocycles. The van der Waals surface area contributed by atoms with Crippen LogP contribution in [0.3, 0.4) is 0 Å². The molecule has 22 heavy (non-hydrogen) atoms. The van der Waals surface area contributed by atoms with Crippen LogP contribution in [0.1, 0.15) is 35.7 Å². The zero-order valence-corrected chi connectivity index (χ0v) is 13.4. The largest absolute Gasteiger partial charge is 0.480 e. The Balaban J connectivity index is 3.10. The Morgan fingerprint density at radius 1 is 1.36 bits per heavy atom. The third-order valence-corrected chi connectivity index (χ3v) is 4.56. The molecule has 8 heteroatoms. The molecule has 0 fully saturated rings. The quantitative estimate of drug-likeness (QED) is 0.730. The molecule has 0 bridgehead atoms. The van der Waals surface area contributed by atoms with Crippen LogP contribution in [0, 0.1) is 6.92 Å². The van der Waals surface area contributed by atoms with Crippen molar-refractivity contribution in [3.05, 3.63) is 29.3 Å². The first-order valence-electron chi connectivity index (χ1n) is 6.67. The van der Waals surface area contributed by atoms with Crippen molar-refractivity contribution in [3.8, 4) is 0 Å². The van der Waals surface area contributed by atoms with Gasteiger partial charge in [-0.1, -0.05) is 13.3 Å². The molecule has 0 aromatic heterocycles. The molecular weight excluding hydrogens is 310 g/mol. The van der Waals surface area contributed by atoms with Crippen molar-refractivity contribution in [1.29, 1.82) is 0 Å². The molecule has 1 unspecified atom stereocenters. The standard InChI is InChI=1S/C14H19NO6S/c1-4-5-12(13(16)17)15-22(19,20)10-6-7-11(9(2)8-10)14(18)21-3/h6-8,12,15H,4-5H2,1-3H3,(H,16,17). The van der Waals surface area contributed by atoms with E-state index in [-0.39, 0.29) is 16.9 Å². The number of rotatable bonds is 7. The van der Waals surface area contributed by atoms with Crippen molar-refractivity contribution in [2.24, 2.45) is 0 Å². The Hall–Kier alpha value is -1.93. The van der Waals surface area contributed by atoms with E-state index in [4.69, 9.17) is 5.11 Å². The molecule has 0 aliphatic rings. The van der Waals surface area contributed by atoms with Crippen LogP contribution in [-0.2, 0) is 19.6 Å². The van der Waals surface area contributed by atoms with Gasteiger partial charge in [0.15, 0.2) is 0 Å². The Bertz CT molecular complexity index is 668. The van der Waals surface area contributed by atoms with Crippen LogP contribution in [0.25, 0.3) is 0 Å². The molecule has 0 saturated heterocycles. The first kappa shape index (κ1) is 18.1. The topological polar surface area (TPSA) is 110 Å². The van der Waals surface area contributed by atoms with Crippen LogP contribution in [-0.4, -0.2) is 38.6 Å². The van der Waals surface area contributed by atoms with Crippen molar-refractivity contribution < 1.29 is 27.9 Å². The summed E-state index contributed by atoms with van der Waals surface area (Å²) in [6.45, 7) is 3.34. The van der Waals surface area contributed by atoms with E-state index in [1.165, 1.54) is 25.3 Å². The van der Waals surface area contributed by atoms with Crippen LogP contribution in [0.15, 0.2) is 23.1 Å². The minimum Gasteiger partial charge on any atom is -0.480 e. The van der Waals surface area contributed by atoms with E-state index in [1.54, 1.807) is 13.8 Å². The minimum absolute atomic E-state index is 0.0972. The van der Waals surface area contributed by atoms with Crippen LogP contribution in [0.2, 0.25) is 0 Å². The summed E-state index contributed by atoms with van der Waals surface area (Å²) >= 11 is 0. The van der Waals surface area contributed by atoms with Crippen LogP contribution < -0.4 is 4.72 Å². The fraction of sp³-hybridized carbons (Fsp3) is 0.429. The molecule has 0 spiro atoms. The summed E-state index contributed by atoms with van der Waals surface area (Å²) in [6.07, 6.45) is 0.716. The van der Waals surface area contributed by atoms with Gasteiger partial charge in [-0.3, -0.25) is 4.79 Å². The Morgan fingerprint density at radius 2 is 2.00 bits per heavy atom. The number of nitrogens with one attached hydrogen (secondary N) is 1. The van der Waals surface area contributed by atoms with E-state index in [1.807, 2.05) is 0 Å². The van der Waals surface area contributed by atoms with Gasteiger partial charge in [0.2, 0.25) is 10.0 Å². The molecule has 0 aliphatic heterocycles. The lowest BCUT2D eigenvalue weighted by molar-refractivity contribution is -0.139. The highest BCUT2D eigenvalue weighted by molar-refractivity contribution is 7.89. The first-order valence-corrected chi connectivity index (χ1v) is 8.15. The molecule has 122 valence electrons. The van der Waals surface area contributed by atoms with Gasteiger partial charge in [0, 0.05) is 0 Å². The molecule has 0 heterocycles. The average Bonchev–Trinajstić information content (AvgIpc) is 2.45. The number of hydrogen-bond donors (Lipinski definition) is 2.